The van der Waals surface area contributed by atoms with Gasteiger partial charge in [-0.1, -0.05) is 13.8 Å². The molecule has 1 aliphatic heterocycles. The van der Waals surface area contributed by atoms with Crippen molar-refractivity contribution in [3.05, 3.63) is 0 Å². The van der Waals surface area contributed by atoms with E-state index in [9.17, 15) is 5.26 Å². The minimum atomic E-state index is -0.534. The predicted molar refractivity (Wildman–Crippen MR) is 75.1 cm³/mol. The summed E-state index contributed by atoms with van der Waals surface area (Å²) in [5, 5.41) is 12.5. The summed E-state index contributed by atoms with van der Waals surface area (Å²) in [4.78, 5) is 4.55. The molecule has 0 saturated carbocycles. The molecule has 0 aromatic rings. The molecule has 0 bridgehead atoms. The summed E-state index contributed by atoms with van der Waals surface area (Å²) in [5.74, 6) is 3.70. The van der Waals surface area contributed by atoms with Crippen molar-refractivity contribution in [3.63, 3.8) is 0 Å². The molecule has 1 aliphatic rings. The Balaban J connectivity index is 2.68. The molecule has 3 heteroatoms. The van der Waals surface area contributed by atoms with Gasteiger partial charge in [0.25, 0.3) is 0 Å². The maximum absolute atomic E-state index is 9.28. The largest absolute Gasteiger partial charge is 0.356 e. The first-order valence-corrected chi connectivity index (χ1v) is 6.36. The van der Waals surface area contributed by atoms with Gasteiger partial charge in [0, 0.05) is 23.8 Å². The second kappa shape index (κ2) is 4.65. The Labute approximate surface area is 111 Å². The third-order valence-corrected chi connectivity index (χ3v) is 4.01. The van der Waals surface area contributed by atoms with Gasteiger partial charge in [0.15, 0.2) is 0 Å². The minimum Gasteiger partial charge on any atom is -0.356 e. The normalized spacial score (nSPS) is 28.5. The van der Waals surface area contributed by atoms with Gasteiger partial charge in [-0.15, -0.1) is 12.3 Å². The van der Waals surface area contributed by atoms with Gasteiger partial charge in [0.05, 0.1) is 11.9 Å². The standard InChI is InChI=1S/C15H23N3/c1-7-13(2,3)8-9-17-12-10-14(4,5)15(6,11-16)18-12/h1H,8-10H2,2-6H3,(H,17,18). The van der Waals surface area contributed by atoms with Crippen molar-refractivity contribution in [2.45, 2.75) is 53.0 Å². The first kappa shape index (κ1) is 14.6. The number of hydrogen-bond donors (Lipinski definition) is 1. The van der Waals surface area contributed by atoms with E-state index in [2.05, 4.69) is 36.1 Å². The third-order valence-electron chi connectivity index (χ3n) is 4.01. The van der Waals surface area contributed by atoms with Crippen LogP contribution in [0.1, 0.15) is 47.5 Å². The minimum absolute atomic E-state index is 0.0950. The fourth-order valence-electron chi connectivity index (χ4n) is 1.91. The summed E-state index contributed by atoms with van der Waals surface area (Å²) in [6.45, 7) is 10.9. The van der Waals surface area contributed by atoms with Crippen molar-refractivity contribution in [2.75, 3.05) is 6.54 Å². The second-order valence-electron chi connectivity index (χ2n) is 6.53. The lowest BCUT2D eigenvalue weighted by Crippen LogP contribution is -2.45. The van der Waals surface area contributed by atoms with Crippen LogP contribution in [0.5, 0.6) is 0 Å². The van der Waals surface area contributed by atoms with Crippen molar-refractivity contribution in [1.29, 1.82) is 5.26 Å². The van der Waals surface area contributed by atoms with Crippen molar-refractivity contribution in [1.82, 2.24) is 5.32 Å². The quantitative estimate of drug-likeness (QED) is 0.777. The van der Waals surface area contributed by atoms with E-state index in [0.29, 0.717) is 6.54 Å². The summed E-state index contributed by atoms with van der Waals surface area (Å²) in [7, 11) is 0. The van der Waals surface area contributed by atoms with Crippen molar-refractivity contribution >= 4 is 5.84 Å². The van der Waals surface area contributed by atoms with E-state index in [1.165, 1.54) is 0 Å². The van der Waals surface area contributed by atoms with Gasteiger partial charge < -0.3 is 5.32 Å². The lowest BCUT2D eigenvalue weighted by molar-refractivity contribution is 0.264. The van der Waals surface area contributed by atoms with E-state index in [0.717, 1.165) is 18.7 Å². The SMILES string of the molecule is C#CC(C)(C)CCN=C1CC(C)(C)C(C)(C#N)N1. The van der Waals surface area contributed by atoms with Gasteiger partial charge in [-0.2, -0.15) is 5.26 Å². The third kappa shape index (κ3) is 2.85. The summed E-state index contributed by atoms with van der Waals surface area (Å²) in [5.41, 5.74) is -0.744. The molecular weight excluding hydrogens is 222 g/mol. The molecule has 1 saturated heterocycles. The van der Waals surface area contributed by atoms with Gasteiger partial charge in [0.2, 0.25) is 0 Å². The van der Waals surface area contributed by atoms with Crippen LogP contribution in [0.15, 0.2) is 4.99 Å². The second-order valence-corrected chi connectivity index (χ2v) is 6.53. The molecule has 0 radical (unpaired) electrons. The molecule has 3 nitrogen and oxygen atoms in total. The summed E-state index contributed by atoms with van der Waals surface area (Å²) >= 11 is 0. The zero-order valence-corrected chi connectivity index (χ0v) is 12.1. The van der Waals surface area contributed by atoms with E-state index >= 15 is 0 Å². The van der Waals surface area contributed by atoms with Gasteiger partial charge in [-0.25, -0.2) is 0 Å². The number of nitrogens with zero attached hydrogens (tertiary/aromatic N) is 2. The first-order chi connectivity index (χ1) is 8.16. The topological polar surface area (TPSA) is 48.2 Å². The van der Waals surface area contributed by atoms with Crippen LogP contribution in [0.4, 0.5) is 0 Å². The van der Waals surface area contributed by atoms with Gasteiger partial charge in [0.1, 0.15) is 5.54 Å². The molecule has 1 N–H and O–H groups in total. The van der Waals surface area contributed by atoms with Crippen molar-refractivity contribution < 1.29 is 0 Å². The average Bonchev–Trinajstić information content (AvgIpc) is 2.49. The highest BCUT2D eigenvalue weighted by Gasteiger charge is 2.48. The molecule has 98 valence electrons. The monoisotopic (exact) mass is 245 g/mol. The lowest BCUT2D eigenvalue weighted by atomic mass is 9.75. The van der Waals surface area contributed by atoms with E-state index in [1.54, 1.807) is 0 Å². The molecule has 0 amide bonds. The Morgan fingerprint density at radius 3 is 2.50 bits per heavy atom. The van der Waals surface area contributed by atoms with E-state index < -0.39 is 5.54 Å². The fourth-order valence-corrected chi connectivity index (χ4v) is 1.91. The highest BCUT2D eigenvalue weighted by atomic mass is 15.1. The van der Waals surface area contributed by atoms with Crippen LogP contribution >= 0.6 is 0 Å². The number of rotatable bonds is 3. The highest BCUT2D eigenvalue weighted by Crippen LogP contribution is 2.39. The number of hydrogen-bond acceptors (Lipinski definition) is 2. The summed E-state index contributed by atoms with van der Waals surface area (Å²) in [6.07, 6.45) is 7.12. The zero-order valence-electron chi connectivity index (χ0n) is 12.1. The Hall–Kier alpha value is -1.48. The number of aliphatic imine (C=N–C) groups is 1. The van der Waals surface area contributed by atoms with Crippen LogP contribution in [0, 0.1) is 34.5 Å². The van der Waals surface area contributed by atoms with E-state index in [4.69, 9.17) is 6.42 Å². The highest BCUT2D eigenvalue weighted by molar-refractivity contribution is 5.87. The Kier molecular flexibility index (Phi) is 3.77. The van der Waals surface area contributed by atoms with Crippen LogP contribution in [-0.2, 0) is 0 Å². The number of nitrogens with one attached hydrogen (secondary N) is 1. The van der Waals surface area contributed by atoms with Crippen molar-refractivity contribution in [3.8, 4) is 18.4 Å². The Morgan fingerprint density at radius 1 is 1.44 bits per heavy atom. The molecule has 0 aromatic heterocycles. The average molecular weight is 245 g/mol. The van der Waals surface area contributed by atoms with E-state index in [-0.39, 0.29) is 10.8 Å². The van der Waals surface area contributed by atoms with E-state index in [1.807, 2.05) is 20.8 Å². The fraction of sp³-hybridized carbons (Fsp3) is 0.733. The Bertz CT molecular complexity index is 432. The number of nitriles is 1. The smallest absolute Gasteiger partial charge is 0.128 e. The van der Waals surface area contributed by atoms with Crippen LogP contribution in [0.25, 0.3) is 0 Å². The molecule has 1 fully saturated rings. The van der Waals surface area contributed by atoms with Gasteiger partial charge in [-0.3, -0.25) is 4.99 Å². The van der Waals surface area contributed by atoms with Crippen LogP contribution in [-0.4, -0.2) is 17.9 Å². The van der Waals surface area contributed by atoms with Gasteiger partial charge >= 0.3 is 0 Å². The van der Waals surface area contributed by atoms with Crippen LogP contribution in [0.3, 0.4) is 0 Å². The molecule has 18 heavy (non-hydrogen) atoms. The summed E-state index contributed by atoms with van der Waals surface area (Å²) < 4.78 is 0. The maximum atomic E-state index is 9.28. The molecule has 1 rings (SSSR count). The molecule has 0 spiro atoms. The zero-order chi connectivity index (χ0) is 14.0. The number of amidine groups is 1. The summed E-state index contributed by atoms with van der Waals surface area (Å²) in [6, 6.07) is 2.35. The predicted octanol–water partition coefficient (Wildman–Crippen LogP) is 2.74. The Morgan fingerprint density at radius 2 is 2.06 bits per heavy atom. The maximum Gasteiger partial charge on any atom is 0.128 e. The van der Waals surface area contributed by atoms with Crippen LogP contribution in [0.2, 0.25) is 0 Å². The molecule has 1 unspecified atom stereocenters. The van der Waals surface area contributed by atoms with Crippen molar-refractivity contribution in [2.24, 2.45) is 15.8 Å². The molecule has 0 aromatic carbocycles. The molecule has 0 aliphatic carbocycles. The van der Waals surface area contributed by atoms with Crippen LogP contribution < -0.4 is 5.32 Å². The first-order valence-electron chi connectivity index (χ1n) is 6.36. The molecule has 1 heterocycles. The molecular formula is C15H23N3. The van der Waals surface area contributed by atoms with Gasteiger partial charge in [-0.05, 0) is 27.2 Å². The lowest BCUT2D eigenvalue weighted by Gasteiger charge is -2.30. The molecule has 1 atom stereocenters. The number of terminal acetylenes is 1.